The van der Waals surface area contributed by atoms with Crippen molar-refractivity contribution in [3.8, 4) is 5.69 Å². The normalized spacial score (nSPS) is 13.8. The molecular weight excluding hydrogens is 389 g/mol. The van der Waals surface area contributed by atoms with Gasteiger partial charge in [0.05, 0.1) is 16.2 Å². The zero-order valence-corrected chi connectivity index (χ0v) is 16.1. The third-order valence-electron chi connectivity index (χ3n) is 5.09. The number of carbonyl (C=O) groups excluding carboxylic acids is 1. The first-order valence-corrected chi connectivity index (χ1v) is 9.67. The van der Waals surface area contributed by atoms with Crippen molar-refractivity contribution in [1.29, 1.82) is 0 Å². The number of non-ortho nitro benzene ring substituents is 1. The Labute approximate surface area is 172 Å². The molecule has 0 saturated carbocycles. The molecule has 2 aromatic carbocycles. The van der Waals surface area contributed by atoms with Gasteiger partial charge in [0.2, 0.25) is 0 Å². The summed E-state index contributed by atoms with van der Waals surface area (Å²) in [5.41, 5.74) is 1.18. The van der Waals surface area contributed by atoms with Crippen LogP contribution in [0.3, 0.4) is 0 Å². The Morgan fingerprint density at radius 3 is 2.53 bits per heavy atom. The van der Waals surface area contributed by atoms with Crippen molar-refractivity contribution in [3.63, 3.8) is 0 Å². The summed E-state index contributed by atoms with van der Waals surface area (Å²) in [6, 6.07) is 10.2. The van der Waals surface area contributed by atoms with Crippen LogP contribution in [0, 0.1) is 15.9 Å². The van der Waals surface area contributed by atoms with E-state index in [1.807, 2.05) is 0 Å². The number of aromatic nitrogens is 2. The van der Waals surface area contributed by atoms with Gasteiger partial charge in [-0.3, -0.25) is 14.9 Å². The molecule has 9 heteroatoms. The average molecular weight is 409 g/mol. The number of anilines is 2. The Hall–Kier alpha value is -3.75. The monoisotopic (exact) mass is 409 g/mol. The highest BCUT2D eigenvalue weighted by atomic mass is 19.1. The van der Waals surface area contributed by atoms with Crippen LogP contribution < -0.4 is 10.2 Å². The highest BCUT2D eigenvalue weighted by molar-refractivity contribution is 6.08. The predicted octanol–water partition coefficient (Wildman–Crippen LogP) is 4.16. The minimum absolute atomic E-state index is 0.166. The fourth-order valence-corrected chi connectivity index (χ4v) is 3.61. The third kappa shape index (κ3) is 4.00. The fraction of sp³-hybridized carbons (Fsp3) is 0.238. The number of nitrogens with zero attached hydrogens (tertiary/aromatic N) is 4. The first-order valence-electron chi connectivity index (χ1n) is 9.67. The topological polar surface area (TPSA) is 93.3 Å². The zero-order valence-electron chi connectivity index (χ0n) is 16.1. The predicted molar refractivity (Wildman–Crippen MR) is 111 cm³/mol. The van der Waals surface area contributed by atoms with Crippen molar-refractivity contribution in [2.24, 2.45) is 0 Å². The lowest BCUT2D eigenvalue weighted by atomic mass is 10.1. The lowest BCUT2D eigenvalue weighted by Gasteiger charge is -2.30. The Morgan fingerprint density at radius 2 is 1.87 bits per heavy atom. The van der Waals surface area contributed by atoms with Gasteiger partial charge in [-0.05, 0) is 49.6 Å². The summed E-state index contributed by atoms with van der Waals surface area (Å²) in [5.74, 6) is -1.07. The maximum Gasteiger partial charge on any atom is 0.270 e. The van der Waals surface area contributed by atoms with Crippen molar-refractivity contribution in [2.75, 3.05) is 23.3 Å². The molecule has 1 saturated heterocycles. The molecule has 1 aromatic heterocycles. The second kappa shape index (κ2) is 8.32. The summed E-state index contributed by atoms with van der Waals surface area (Å²) in [4.78, 5) is 25.7. The lowest BCUT2D eigenvalue weighted by Crippen LogP contribution is -2.31. The van der Waals surface area contributed by atoms with Crippen molar-refractivity contribution < 1.29 is 14.1 Å². The molecule has 8 nitrogen and oxygen atoms in total. The minimum Gasteiger partial charge on any atom is -0.371 e. The molecule has 0 atom stereocenters. The molecule has 3 aromatic rings. The first-order chi connectivity index (χ1) is 14.5. The van der Waals surface area contributed by atoms with Crippen molar-refractivity contribution >= 4 is 23.0 Å². The number of hydrogen-bond donors (Lipinski definition) is 1. The Morgan fingerprint density at radius 1 is 1.10 bits per heavy atom. The Balaban J connectivity index is 1.62. The number of carbonyl (C=O) groups is 1. The Kier molecular flexibility index (Phi) is 5.42. The van der Waals surface area contributed by atoms with Crippen LogP contribution in [0.2, 0.25) is 0 Å². The smallest absolute Gasteiger partial charge is 0.270 e. The van der Waals surface area contributed by atoms with E-state index in [-0.39, 0.29) is 22.6 Å². The van der Waals surface area contributed by atoms with Crippen molar-refractivity contribution in [2.45, 2.75) is 19.3 Å². The molecule has 0 bridgehead atoms. The number of nitro groups is 1. The number of nitrogens with one attached hydrogen (secondary N) is 1. The van der Waals surface area contributed by atoms with Gasteiger partial charge in [-0.1, -0.05) is 0 Å². The number of piperidine rings is 1. The SMILES string of the molecule is O=C(Nc1ccc(-n2cccn2)c(F)c1)c1cc([N+](=O)[O-])ccc1N1CCCCC1. The van der Waals surface area contributed by atoms with Crippen LogP contribution in [0.1, 0.15) is 29.6 Å². The summed E-state index contributed by atoms with van der Waals surface area (Å²) in [5, 5.41) is 17.9. The number of hydrogen-bond acceptors (Lipinski definition) is 5. The van der Waals surface area contributed by atoms with Crippen LogP contribution in [0.15, 0.2) is 54.9 Å². The number of amides is 1. The summed E-state index contributed by atoms with van der Waals surface area (Å²) < 4.78 is 15.9. The van der Waals surface area contributed by atoms with E-state index in [0.717, 1.165) is 32.4 Å². The molecule has 0 unspecified atom stereocenters. The van der Waals surface area contributed by atoms with E-state index in [2.05, 4.69) is 15.3 Å². The molecule has 0 spiro atoms. The minimum atomic E-state index is -0.549. The van der Waals surface area contributed by atoms with E-state index < -0.39 is 16.6 Å². The number of nitro benzene ring substituents is 1. The van der Waals surface area contributed by atoms with Crippen LogP contribution in [0.5, 0.6) is 0 Å². The molecule has 0 aliphatic carbocycles. The fourth-order valence-electron chi connectivity index (χ4n) is 3.61. The van der Waals surface area contributed by atoms with Gasteiger partial charge in [0.1, 0.15) is 5.69 Å². The van der Waals surface area contributed by atoms with Gasteiger partial charge in [-0.25, -0.2) is 9.07 Å². The maximum absolute atomic E-state index is 14.5. The third-order valence-corrected chi connectivity index (χ3v) is 5.09. The zero-order chi connectivity index (χ0) is 21.1. The highest BCUT2D eigenvalue weighted by Crippen LogP contribution is 2.29. The lowest BCUT2D eigenvalue weighted by molar-refractivity contribution is -0.384. The second-order valence-corrected chi connectivity index (χ2v) is 7.08. The number of rotatable bonds is 5. The molecule has 154 valence electrons. The molecule has 1 amide bonds. The molecule has 1 aliphatic rings. The number of halogens is 1. The molecule has 2 heterocycles. The van der Waals surface area contributed by atoms with Gasteiger partial charge in [0.25, 0.3) is 11.6 Å². The summed E-state index contributed by atoms with van der Waals surface area (Å²) >= 11 is 0. The van der Waals surface area contributed by atoms with E-state index in [0.29, 0.717) is 5.69 Å². The van der Waals surface area contributed by atoms with Gasteiger partial charge in [-0.2, -0.15) is 5.10 Å². The highest BCUT2D eigenvalue weighted by Gasteiger charge is 2.22. The maximum atomic E-state index is 14.5. The molecule has 0 radical (unpaired) electrons. The van der Waals surface area contributed by atoms with Gasteiger partial charge in [0.15, 0.2) is 5.82 Å². The molecule has 30 heavy (non-hydrogen) atoms. The quantitative estimate of drug-likeness (QED) is 0.504. The van der Waals surface area contributed by atoms with Crippen molar-refractivity contribution in [1.82, 2.24) is 9.78 Å². The molecule has 1 fully saturated rings. The standard InChI is InChI=1S/C21H20FN5O3/c22-18-13-15(5-7-20(18)26-12-4-9-23-26)24-21(28)17-14-16(27(29)30)6-8-19(17)25-10-2-1-3-11-25/h4-9,12-14H,1-3,10-11H2,(H,24,28). The number of benzene rings is 2. The van der Waals surface area contributed by atoms with Crippen LogP contribution in [-0.4, -0.2) is 33.7 Å². The summed E-state index contributed by atoms with van der Waals surface area (Å²) in [6.45, 7) is 1.57. The van der Waals surface area contributed by atoms with E-state index >= 15 is 0 Å². The largest absolute Gasteiger partial charge is 0.371 e. The molecule has 4 rings (SSSR count). The summed E-state index contributed by atoms with van der Waals surface area (Å²) in [6.07, 6.45) is 6.27. The van der Waals surface area contributed by atoms with Gasteiger partial charge >= 0.3 is 0 Å². The van der Waals surface area contributed by atoms with Gasteiger partial charge in [-0.15, -0.1) is 0 Å². The second-order valence-electron chi connectivity index (χ2n) is 7.08. The summed E-state index contributed by atoms with van der Waals surface area (Å²) in [7, 11) is 0. The average Bonchev–Trinajstić information content (AvgIpc) is 3.28. The molecular formula is C21H20FN5O3. The molecule has 1 aliphatic heterocycles. The van der Waals surface area contributed by atoms with E-state index in [9.17, 15) is 19.3 Å². The van der Waals surface area contributed by atoms with Gasteiger partial charge in [0, 0.05) is 43.3 Å². The van der Waals surface area contributed by atoms with E-state index in [1.54, 1.807) is 30.6 Å². The van der Waals surface area contributed by atoms with Crippen molar-refractivity contribution in [3.05, 3.63) is 76.4 Å². The van der Waals surface area contributed by atoms with Crippen LogP contribution >= 0.6 is 0 Å². The first kappa shape index (κ1) is 19.6. The Bertz CT molecular complexity index is 1080. The van der Waals surface area contributed by atoms with E-state index in [4.69, 9.17) is 0 Å². The molecule has 1 N–H and O–H groups in total. The van der Waals surface area contributed by atoms with E-state index in [1.165, 1.54) is 28.9 Å². The van der Waals surface area contributed by atoms with Crippen LogP contribution in [-0.2, 0) is 0 Å². The van der Waals surface area contributed by atoms with Crippen LogP contribution in [0.25, 0.3) is 5.69 Å². The van der Waals surface area contributed by atoms with Crippen LogP contribution in [0.4, 0.5) is 21.5 Å². The van der Waals surface area contributed by atoms with Gasteiger partial charge < -0.3 is 10.2 Å².